The van der Waals surface area contributed by atoms with Gasteiger partial charge >= 0.3 is 0 Å². The number of amides is 2. The largest absolute Gasteiger partial charge is 0.342 e. The Kier molecular flexibility index (Phi) is 6.64. The van der Waals surface area contributed by atoms with Crippen molar-refractivity contribution in [1.29, 1.82) is 0 Å². The zero-order valence-corrected chi connectivity index (χ0v) is 16.0. The molecular weight excluding hydrogens is 336 g/mol. The number of hydrogen-bond donors (Lipinski definition) is 1. The molecule has 142 valence electrons. The average molecular weight is 364 g/mol. The number of aryl methyl sites for hydroxylation is 2. The third-order valence-corrected chi connectivity index (χ3v) is 5.21. The highest BCUT2D eigenvalue weighted by Gasteiger charge is 2.26. The Bertz CT molecular complexity index is 773. The molecule has 27 heavy (non-hydrogen) atoms. The second-order valence-electron chi connectivity index (χ2n) is 7.33. The van der Waals surface area contributed by atoms with Gasteiger partial charge < -0.3 is 10.2 Å². The topological polar surface area (TPSA) is 49.4 Å². The van der Waals surface area contributed by atoms with Gasteiger partial charge in [0.05, 0.1) is 5.92 Å². The fourth-order valence-electron chi connectivity index (χ4n) is 3.67. The van der Waals surface area contributed by atoms with E-state index in [1.54, 1.807) is 11.8 Å². The Labute approximate surface area is 161 Å². The summed E-state index contributed by atoms with van der Waals surface area (Å²) in [6.45, 7) is 2.85. The van der Waals surface area contributed by atoms with Crippen molar-refractivity contribution in [2.24, 2.45) is 5.92 Å². The van der Waals surface area contributed by atoms with Gasteiger partial charge in [-0.05, 0) is 55.4 Å². The van der Waals surface area contributed by atoms with Crippen molar-refractivity contribution in [3.63, 3.8) is 0 Å². The van der Waals surface area contributed by atoms with Gasteiger partial charge in [0.15, 0.2) is 0 Å². The van der Waals surface area contributed by atoms with Gasteiger partial charge in [-0.3, -0.25) is 9.59 Å². The van der Waals surface area contributed by atoms with Gasteiger partial charge in [-0.25, -0.2) is 0 Å². The summed E-state index contributed by atoms with van der Waals surface area (Å²) in [7, 11) is 0. The summed E-state index contributed by atoms with van der Waals surface area (Å²) in [6, 6.07) is 18.6. The van der Waals surface area contributed by atoms with Crippen LogP contribution in [-0.2, 0) is 22.4 Å². The smallest absolute Gasteiger partial charge is 0.229 e. The van der Waals surface area contributed by atoms with Crippen molar-refractivity contribution in [3.05, 3.63) is 65.7 Å². The summed E-state index contributed by atoms with van der Waals surface area (Å²) in [6.07, 6.45) is 4.85. The molecule has 1 unspecified atom stereocenters. The van der Waals surface area contributed by atoms with E-state index in [0.29, 0.717) is 6.54 Å². The fourth-order valence-corrected chi connectivity index (χ4v) is 3.67. The molecule has 0 saturated carbocycles. The number of carbonyl (C=O) groups is 2. The molecule has 4 nitrogen and oxygen atoms in total. The normalized spacial score (nSPS) is 16.8. The van der Waals surface area contributed by atoms with E-state index in [2.05, 4.69) is 41.7 Å². The highest BCUT2D eigenvalue weighted by Crippen LogP contribution is 2.20. The number of anilines is 1. The maximum atomic E-state index is 12.6. The molecule has 1 aliphatic heterocycles. The minimum absolute atomic E-state index is 0.0161. The number of nitrogens with one attached hydrogen (secondary N) is 1. The molecule has 0 bridgehead atoms. The van der Waals surface area contributed by atoms with Crippen LogP contribution >= 0.6 is 0 Å². The van der Waals surface area contributed by atoms with Gasteiger partial charge in [0, 0.05) is 25.7 Å². The minimum Gasteiger partial charge on any atom is -0.342 e. The SMILES string of the molecule is CC(=O)N1CCCC(C(=O)Nc2cccc(CCCc3ccccc3)c2)C1. The predicted molar refractivity (Wildman–Crippen MR) is 109 cm³/mol. The molecule has 1 N–H and O–H groups in total. The summed E-state index contributed by atoms with van der Waals surface area (Å²) in [4.78, 5) is 25.9. The number of likely N-dealkylation sites (tertiary alicyclic amines) is 1. The third kappa shape index (κ3) is 5.68. The Morgan fingerprint density at radius 2 is 1.78 bits per heavy atom. The minimum atomic E-state index is -0.121. The zero-order chi connectivity index (χ0) is 19.1. The number of nitrogens with zero attached hydrogens (tertiary/aromatic N) is 1. The lowest BCUT2D eigenvalue weighted by Crippen LogP contribution is -2.42. The van der Waals surface area contributed by atoms with Crippen LogP contribution in [0, 0.1) is 5.92 Å². The van der Waals surface area contributed by atoms with Crippen LogP contribution in [0.1, 0.15) is 37.3 Å². The Hall–Kier alpha value is -2.62. The van der Waals surface area contributed by atoms with Gasteiger partial charge in [0.25, 0.3) is 0 Å². The van der Waals surface area contributed by atoms with E-state index in [9.17, 15) is 9.59 Å². The van der Waals surface area contributed by atoms with Crippen LogP contribution < -0.4 is 5.32 Å². The molecule has 3 rings (SSSR count). The molecule has 0 aromatic heterocycles. The molecule has 0 radical (unpaired) electrons. The summed E-state index contributed by atoms with van der Waals surface area (Å²) in [5.41, 5.74) is 3.43. The fraction of sp³-hybridized carbons (Fsp3) is 0.391. The van der Waals surface area contributed by atoms with E-state index < -0.39 is 0 Å². The van der Waals surface area contributed by atoms with Crippen molar-refractivity contribution in [2.45, 2.75) is 39.0 Å². The first kappa shape index (κ1) is 19.2. The Morgan fingerprint density at radius 1 is 1.04 bits per heavy atom. The quantitative estimate of drug-likeness (QED) is 0.840. The summed E-state index contributed by atoms with van der Waals surface area (Å²) in [5, 5.41) is 3.04. The van der Waals surface area contributed by atoms with Gasteiger partial charge in [-0.2, -0.15) is 0 Å². The molecule has 1 atom stereocenters. The highest BCUT2D eigenvalue weighted by molar-refractivity contribution is 5.93. The van der Waals surface area contributed by atoms with Crippen molar-refractivity contribution < 1.29 is 9.59 Å². The van der Waals surface area contributed by atoms with E-state index in [0.717, 1.165) is 44.3 Å². The van der Waals surface area contributed by atoms with Gasteiger partial charge in [-0.1, -0.05) is 42.5 Å². The summed E-state index contributed by atoms with van der Waals surface area (Å²) >= 11 is 0. The molecule has 1 fully saturated rings. The Morgan fingerprint density at radius 3 is 2.56 bits per heavy atom. The first-order valence-corrected chi connectivity index (χ1v) is 9.81. The van der Waals surface area contributed by atoms with Crippen molar-refractivity contribution in [1.82, 2.24) is 4.90 Å². The molecule has 0 spiro atoms. The Balaban J connectivity index is 1.52. The molecule has 4 heteroatoms. The summed E-state index contributed by atoms with van der Waals surface area (Å²) < 4.78 is 0. The van der Waals surface area contributed by atoms with Crippen LogP contribution in [0.3, 0.4) is 0 Å². The first-order chi connectivity index (χ1) is 13.1. The number of hydrogen-bond acceptors (Lipinski definition) is 2. The van der Waals surface area contributed by atoms with Gasteiger partial charge in [0.1, 0.15) is 0 Å². The van der Waals surface area contributed by atoms with E-state index in [1.807, 2.05) is 18.2 Å². The second kappa shape index (κ2) is 9.36. The first-order valence-electron chi connectivity index (χ1n) is 9.81. The number of benzene rings is 2. The van der Waals surface area contributed by atoms with Gasteiger partial charge in [0.2, 0.25) is 11.8 Å². The van der Waals surface area contributed by atoms with E-state index in [1.165, 1.54) is 11.1 Å². The van der Waals surface area contributed by atoms with Gasteiger partial charge in [-0.15, -0.1) is 0 Å². The third-order valence-electron chi connectivity index (χ3n) is 5.21. The van der Waals surface area contributed by atoms with Crippen LogP contribution in [0.2, 0.25) is 0 Å². The zero-order valence-electron chi connectivity index (χ0n) is 16.0. The van der Waals surface area contributed by atoms with E-state index in [-0.39, 0.29) is 17.7 Å². The van der Waals surface area contributed by atoms with Crippen LogP contribution in [0.25, 0.3) is 0 Å². The number of carbonyl (C=O) groups excluding carboxylic acids is 2. The number of piperidine rings is 1. The maximum absolute atomic E-state index is 12.6. The molecule has 1 aliphatic rings. The molecule has 1 saturated heterocycles. The summed E-state index contributed by atoms with van der Waals surface area (Å²) in [5.74, 6) is -0.0558. The lowest BCUT2D eigenvalue weighted by molar-refractivity contribution is -0.132. The molecule has 1 heterocycles. The standard InChI is InChI=1S/C23H28N2O2/c1-18(26)25-15-7-13-21(17-25)23(27)24-22-14-6-12-20(16-22)11-5-10-19-8-3-2-4-9-19/h2-4,6,8-9,12,14,16,21H,5,7,10-11,13,15,17H2,1H3,(H,24,27). The monoisotopic (exact) mass is 364 g/mol. The van der Waals surface area contributed by atoms with Crippen LogP contribution in [-0.4, -0.2) is 29.8 Å². The lowest BCUT2D eigenvalue weighted by Gasteiger charge is -2.31. The lowest BCUT2D eigenvalue weighted by atomic mass is 9.97. The van der Waals surface area contributed by atoms with E-state index in [4.69, 9.17) is 0 Å². The molecule has 0 aliphatic carbocycles. The molecular formula is C23H28N2O2. The van der Waals surface area contributed by atoms with Crippen LogP contribution in [0.15, 0.2) is 54.6 Å². The molecule has 2 aromatic rings. The van der Waals surface area contributed by atoms with Crippen molar-refractivity contribution in [2.75, 3.05) is 18.4 Å². The highest BCUT2D eigenvalue weighted by atomic mass is 16.2. The molecule has 2 amide bonds. The number of rotatable bonds is 6. The molecule has 2 aromatic carbocycles. The average Bonchev–Trinajstić information content (AvgIpc) is 2.69. The van der Waals surface area contributed by atoms with Crippen LogP contribution in [0.5, 0.6) is 0 Å². The van der Waals surface area contributed by atoms with Crippen molar-refractivity contribution >= 4 is 17.5 Å². The van der Waals surface area contributed by atoms with Crippen molar-refractivity contribution in [3.8, 4) is 0 Å². The van der Waals surface area contributed by atoms with Crippen LogP contribution in [0.4, 0.5) is 5.69 Å². The van der Waals surface area contributed by atoms with E-state index >= 15 is 0 Å². The maximum Gasteiger partial charge on any atom is 0.229 e. The second-order valence-corrected chi connectivity index (χ2v) is 7.33. The predicted octanol–water partition coefficient (Wildman–Crippen LogP) is 4.06.